The van der Waals surface area contributed by atoms with E-state index in [2.05, 4.69) is 53.8 Å². The highest BCUT2D eigenvalue weighted by molar-refractivity contribution is 5.79. The van der Waals surface area contributed by atoms with Gasteiger partial charge in [-0.25, -0.2) is 0 Å². The molecule has 1 N–H and O–H groups in total. The van der Waals surface area contributed by atoms with Crippen molar-refractivity contribution in [2.45, 2.75) is 24.7 Å². The van der Waals surface area contributed by atoms with E-state index in [9.17, 15) is 4.79 Å². The number of methoxy groups -OCH3 is 3. The van der Waals surface area contributed by atoms with Gasteiger partial charge in [0.25, 0.3) is 0 Å². The van der Waals surface area contributed by atoms with Crippen molar-refractivity contribution in [3.05, 3.63) is 88.5 Å². The molecular formula is C28H29NO4. The number of amides is 1. The van der Waals surface area contributed by atoms with Crippen LogP contribution in [-0.2, 0) is 11.2 Å². The summed E-state index contributed by atoms with van der Waals surface area (Å²) in [4.78, 5) is 12.9. The number of fused-ring (bicyclic) bond motifs is 1. The summed E-state index contributed by atoms with van der Waals surface area (Å²) < 4.78 is 16.2. The number of benzene rings is 3. The molecule has 2 bridgehead atoms. The van der Waals surface area contributed by atoms with Gasteiger partial charge in [0.05, 0.1) is 27.8 Å². The fourth-order valence-electron chi connectivity index (χ4n) is 5.69. The average molecular weight is 444 g/mol. The summed E-state index contributed by atoms with van der Waals surface area (Å²) in [5.41, 5.74) is 6.54. The van der Waals surface area contributed by atoms with Crippen LogP contribution in [0, 0.1) is 5.92 Å². The van der Waals surface area contributed by atoms with Crippen molar-refractivity contribution in [3.63, 3.8) is 0 Å². The summed E-state index contributed by atoms with van der Waals surface area (Å²) >= 11 is 0. The second kappa shape index (κ2) is 8.81. The van der Waals surface area contributed by atoms with Gasteiger partial charge >= 0.3 is 0 Å². The number of ether oxygens (including phenoxy) is 3. The number of rotatable bonds is 7. The average Bonchev–Trinajstić information content (AvgIpc) is 2.87. The lowest BCUT2D eigenvalue weighted by Crippen LogP contribution is -2.39. The van der Waals surface area contributed by atoms with Crippen molar-refractivity contribution in [1.29, 1.82) is 0 Å². The lowest BCUT2D eigenvalue weighted by Gasteiger charge is -2.45. The zero-order chi connectivity index (χ0) is 22.9. The van der Waals surface area contributed by atoms with Gasteiger partial charge in [0, 0.05) is 18.4 Å². The number of nitrogens with one attached hydrogen (secondary N) is 1. The Morgan fingerprint density at radius 3 is 1.91 bits per heavy atom. The monoisotopic (exact) mass is 443 g/mol. The Bertz CT molecular complexity index is 1120. The van der Waals surface area contributed by atoms with Crippen molar-refractivity contribution in [1.82, 2.24) is 5.32 Å². The minimum Gasteiger partial charge on any atom is -0.493 e. The van der Waals surface area contributed by atoms with E-state index in [4.69, 9.17) is 14.2 Å². The van der Waals surface area contributed by atoms with Gasteiger partial charge in [0.15, 0.2) is 11.5 Å². The molecule has 3 aromatic rings. The molecule has 170 valence electrons. The van der Waals surface area contributed by atoms with Gasteiger partial charge in [0.1, 0.15) is 0 Å². The fourth-order valence-corrected chi connectivity index (χ4v) is 5.69. The smallest absolute Gasteiger partial charge is 0.224 e. The first kappa shape index (κ1) is 21.4. The largest absolute Gasteiger partial charge is 0.493 e. The van der Waals surface area contributed by atoms with Crippen molar-refractivity contribution >= 4 is 5.91 Å². The first-order valence-corrected chi connectivity index (χ1v) is 11.4. The third kappa shape index (κ3) is 3.71. The van der Waals surface area contributed by atoms with Gasteiger partial charge in [-0.15, -0.1) is 0 Å². The van der Waals surface area contributed by atoms with Crippen LogP contribution in [0.5, 0.6) is 17.2 Å². The molecule has 0 saturated heterocycles. The minimum atomic E-state index is -0.00714. The standard InChI is InChI=1S/C28H29NO4/c1-31-24-12-17(13-25(32-2)28(24)33-3)14-26(30)29-16-18-15-23-19-8-4-6-10-21(19)27(18)22-11-7-5-9-20(22)23/h4-13,18,23,27H,14-16H2,1-3H3,(H,29,30)/t18-,23?,27?/m1/s1. The molecule has 0 saturated carbocycles. The number of hydrogen-bond donors (Lipinski definition) is 1. The summed E-state index contributed by atoms with van der Waals surface area (Å²) in [6.07, 6.45) is 1.31. The summed E-state index contributed by atoms with van der Waals surface area (Å²) in [5, 5.41) is 3.20. The first-order valence-electron chi connectivity index (χ1n) is 11.4. The molecule has 5 heteroatoms. The minimum absolute atomic E-state index is 0.00714. The summed E-state index contributed by atoms with van der Waals surface area (Å²) in [6.45, 7) is 0.660. The van der Waals surface area contributed by atoms with Crippen LogP contribution >= 0.6 is 0 Å². The Hall–Kier alpha value is -3.47. The van der Waals surface area contributed by atoms with Crippen molar-refractivity contribution in [3.8, 4) is 17.2 Å². The third-order valence-corrected chi connectivity index (χ3v) is 7.07. The lowest BCUT2D eigenvalue weighted by molar-refractivity contribution is -0.120. The zero-order valence-electron chi connectivity index (χ0n) is 19.3. The molecule has 0 unspecified atom stereocenters. The predicted molar refractivity (Wildman–Crippen MR) is 127 cm³/mol. The van der Waals surface area contributed by atoms with E-state index in [1.807, 2.05) is 12.1 Å². The summed E-state index contributed by atoms with van der Waals surface area (Å²) in [5.74, 6) is 2.73. The van der Waals surface area contributed by atoms with Gasteiger partial charge < -0.3 is 19.5 Å². The van der Waals surface area contributed by atoms with Crippen LogP contribution in [0.3, 0.4) is 0 Å². The molecule has 6 rings (SSSR count). The Balaban J connectivity index is 1.32. The van der Waals surface area contributed by atoms with Crippen LogP contribution in [0.4, 0.5) is 0 Å². The highest BCUT2D eigenvalue weighted by Gasteiger charge is 2.42. The quantitative estimate of drug-likeness (QED) is 0.577. The zero-order valence-corrected chi connectivity index (χ0v) is 19.3. The van der Waals surface area contributed by atoms with Crippen LogP contribution < -0.4 is 19.5 Å². The van der Waals surface area contributed by atoms with Gasteiger partial charge in [-0.2, -0.15) is 0 Å². The van der Waals surface area contributed by atoms with Gasteiger partial charge in [-0.1, -0.05) is 48.5 Å². The molecule has 0 aliphatic heterocycles. The van der Waals surface area contributed by atoms with Gasteiger partial charge in [0.2, 0.25) is 11.7 Å². The van der Waals surface area contributed by atoms with E-state index >= 15 is 0 Å². The molecule has 0 fully saturated rings. The molecule has 5 nitrogen and oxygen atoms in total. The Kier molecular flexibility index (Phi) is 5.71. The van der Waals surface area contributed by atoms with Crippen molar-refractivity contribution < 1.29 is 19.0 Å². The van der Waals surface area contributed by atoms with Crippen LogP contribution in [-0.4, -0.2) is 33.8 Å². The second-order valence-corrected chi connectivity index (χ2v) is 8.80. The normalized spacial score (nSPS) is 19.9. The molecule has 0 spiro atoms. The van der Waals surface area contributed by atoms with Crippen LogP contribution in [0.15, 0.2) is 60.7 Å². The fraction of sp³-hybridized carbons (Fsp3) is 0.321. The maximum absolute atomic E-state index is 12.9. The highest BCUT2D eigenvalue weighted by Crippen LogP contribution is 2.55. The van der Waals surface area contributed by atoms with Crippen LogP contribution in [0.1, 0.15) is 46.1 Å². The summed E-state index contributed by atoms with van der Waals surface area (Å²) in [7, 11) is 4.73. The van der Waals surface area contributed by atoms with Crippen LogP contribution in [0.2, 0.25) is 0 Å². The van der Waals surface area contributed by atoms with Crippen LogP contribution in [0.25, 0.3) is 0 Å². The van der Waals surface area contributed by atoms with E-state index in [1.165, 1.54) is 22.3 Å². The first-order chi connectivity index (χ1) is 16.1. The van der Waals surface area contributed by atoms with E-state index in [1.54, 1.807) is 21.3 Å². The molecule has 1 atom stereocenters. The SMILES string of the molecule is COc1cc(CC(=O)NC[C@H]2CC3c4ccccc4C2c2ccccc23)cc(OC)c1OC. The predicted octanol–water partition coefficient (Wildman–Crippen LogP) is 4.67. The number of carbonyl (C=O) groups is 1. The molecule has 3 aromatic carbocycles. The van der Waals surface area contributed by atoms with E-state index in [0.717, 1.165) is 12.0 Å². The third-order valence-electron chi connectivity index (χ3n) is 7.07. The Labute approximate surface area is 194 Å². The molecule has 0 aromatic heterocycles. The topological polar surface area (TPSA) is 56.8 Å². The maximum Gasteiger partial charge on any atom is 0.224 e. The molecule has 0 heterocycles. The van der Waals surface area contributed by atoms with Gasteiger partial charge in [-0.3, -0.25) is 4.79 Å². The van der Waals surface area contributed by atoms with Crippen molar-refractivity contribution in [2.75, 3.05) is 27.9 Å². The Morgan fingerprint density at radius 1 is 0.848 bits per heavy atom. The molecule has 3 aliphatic carbocycles. The molecule has 0 radical (unpaired) electrons. The number of hydrogen-bond acceptors (Lipinski definition) is 4. The number of carbonyl (C=O) groups excluding carboxylic acids is 1. The van der Waals surface area contributed by atoms with Gasteiger partial charge in [-0.05, 0) is 52.3 Å². The molecule has 33 heavy (non-hydrogen) atoms. The highest BCUT2D eigenvalue weighted by atomic mass is 16.5. The lowest BCUT2D eigenvalue weighted by atomic mass is 9.59. The van der Waals surface area contributed by atoms with Crippen molar-refractivity contribution in [2.24, 2.45) is 5.92 Å². The maximum atomic E-state index is 12.9. The second-order valence-electron chi connectivity index (χ2n) is 8.80. The van der Waals surface area contributed by atoms with E-state index in [-0.39, 0.29) is 12.3 Å². The van der Waals surface area contributed by atoms with E-state index < -0.39 is 0 Å². The molecule has 3 aliphatic rings. The van der Waals surface area contributed by atoms with E-state index in [0.29, 0.717) is 41.5 Å². The Morgan fingerprint density at radius 2 is 1.39 bits per heavy atom. The summed E-state index contributed by atoms with van der Waals surface area (Å²) in [6, 6.07) is 21.2. The molecule has 1 amide bonds. The molecular weight excluding hydrogens is 414 g/mol.